The molecule has 25 heavy (non-hydrogen) atoms. The average Bonchev–Trinajstić information content (AvgIpc) is 3.24. The molecule has 0 unspecified atom stereocenters. The van der Waals surface area contributed by atoms with Crippen molar-refractivity contribution in [3.8, 4) is 11.3 Å². The fourth-order valence-corrected chi connectivity index (χ4v) is 3.51. The molecule has 1 aromatic carbocycles. The number of aryl methyl sites for hydroxylation is 2. The van der Waals surface area contributed by atoms with Crippen LogP contribution in [0.1, 0.15) is 20.8 Å². The molecule has 6 heteroatoms. The van der Waals surface area contributed by atoms with Crippen LogP contribution in [-0.4, -0.2) is 28.3 Å². The molecule has 0 saturated heterocycles. The molecule has 2 heterocycles. The summed E-state index contributed by atoms with van der Waals surface area (Å²) in [6, 6.07) is 12.1. The van der Waals surface area contributed by atoms with E-state index < -0.39 is 0 Å². The van der Waals surface area contributed by atoms with E-state index in [1.165, 1.54) is 22.5 Å². The first-order valence-electron chi connectivity index (χ1n) is 8.20. The number of nitrogens with zero attached hydrogens (tertiary/aromatic N) is 2. The second kappa shape index (κ2) is 7.63. The highest BCUT2D eigenvalue weighted by molar-refractivity contribution is 7.12. The van der Waals surface area contributed by atoms with Crippen LogP contribution in [0.2, 0.25) is 0 Å². The normalized spacial score (nSPS) is 12.1. The number of nitrogens with two attached hydrogens (primary N) is 1. The highest BCUT2D eigenvalue weighted by Gasteiger charge is 2.16. The molecule has 0 fully saturated rings. The number of benzene rings is 1. The lowest BCUT2D eigenvalue weighted by Gasteiger charge is -2.16. The molecule has 0 saturated carbocycles. The van der Waals surface area contributed by atoms with Crippen molar-refractivity contribution in [2.45, 2.75) is 19.4 Å². The Morgan fingerprint density at radius 2 is 2.08 bits per heavy atom. The zero-order chi connectivity index (χ0) is 17.8. The number of amides is 1. The quantitative estimate of drug-likeness (QED) is 0.715. The Morgan fingerprint density at radius 1 is 1.32 bits per heavy atom. The van der Waals surface area contributed by atoms with Gasteiger partial charge in [-0.3, -0.25) is 9.48 Å². The van der Waals surface area contributed by atoms with E-state index in [1.54, 1.807) is 10.9 Å². The van der Waals surface area contributed by atoms with E-state index >= 15 is 0 Å². The number of nitrogens with one attached hydrogen (secondary N) is 1. The van der Waals surface area contributed by atoms with Crippen LogP contribution in [0.3, 0.4) is 0 Å². The minimum Gasteiger partial charge on any atom is -0.347 e. The maximum atomic E-state index is 12.5. The van der Waals surface area contributed by atoms with Crippen molar-refractivity contribution >= 4 is 17.2 Å². The van der Waals surface area contributed by atoms with Crippen molar-refractivity contribution in [2.75, 3.05) is 6.54 Å². The Labute approximate surface area is 151 Å². The average molecular weight is 354 g/mol. The summed E-state index contributed by atoms with van der Waals surface area (Å²) in [5.41, 5.74) is 10.2. The van der Waals surface area contributed by atoms with Crippen LogP contribution >= 0.6 is 11.3 Å². The van der Waals surface area contributed by atoms with Crippen molar-refractivity contribution in [2.24, 2.45) is 12.8 Å². The number of hydrogen-bond donors (Lipinski definition) is 2. The smallest absolute Gasteiger partial charge is 0.261 e. The maximum Gasteiger partial charge on any atom is 0.261 e. The summed E-state index contributed by atoms with van der Waals surface area (Å²) in [6.07, 6.45) is 2.47. The number of carbonyl (C=O) groups is 1. The highest BCUT2D eigenvalue weighted by atomic mass is 32.1. The number of carbonyl (C=O) groups excluding carboxylic acids is 1. The van der Waals surface area contributed by atoms with Gasteiger partial charge in [-0.05, 0) is 31.0 Å². The van der Waals surface area contributed by atoms with Crippen LogP contribution in [0.15, 0.2) is 48.0 Å². The minimum absolute atomic E-state index is 0.0824. The number of hydrogen-bond acceptors (Lipinski definition) is 4. The van der Waals surface area contributed by atoms with Gasteiger partial charge in [0, 0.05) is 36.8 Å². The largest absolute Gasteiger partial charge is 0.347 e. The molecule has 5 nitrogen and oxygen atoms in total. The van der Waals surface area contributed by atoms with Crippen LogP contribution in [-0.2, 0) is 13.5 Å². The summed E-state index contributed by atoms with van der Waals surface area (Å²) in [7, 11) is 1.89. The van der Waals surface area contributed by atoms with Crippen LogP contribution in [0.25, 0.3) is 11.3 Å². The van der Waals surface area contributed by atoms with E-state index in [9.17, 15) is 4.79 Å². The third-order valence-electron chi connectivity index (χ3n) is 4.16. The summed E-state index contributed by atoms with van der Waals surface area (Å²) in [5.74, 6) is -0.0824. The van der Waals surface area contributed by atoms with E-state index in [0.29, 0.717) is 11.4 Å². The standard InChI is InChI=1S/C19H22N4OS/c1-13-3-5-14(6-4-13)9-16(11-20)22-19(24)18-10-15(12-25-18)17-7-8-21-23(17)2/h3-8,10,12,16H,9,11,20H2,1-2H3,(H,22,24)/t16-/m0/s1. The predicted molar refractivity (Wildman–Crippen MR) is 102 cm³/mol. The molecule has 0 spiro atoms. The monoisotopic (exact) mass is 354 g/mol. The van der Waals surface area contributed by atoms with Gasteiger partial charge in [-0.25, -0.2) is 0 Å². The van der Waals surface area contributed by atoms with Gasteiger partial charge in [0.1, 0.15) is 0 Å². The van der Waals surface area contributed by atoms with Crippen LogP contribution < -0.4 is 11.1 Å². The van der Waals surface area contributed by atoms with E-state index in [0.717, 1.165) is 17.7 Å². The molecule has 2 aromatic heterocycles. The molecule has 3 rings (SSSR count). The fraction of sp³-hybridized carbons (Fsp3) is 0.263. The lowest BCUT2D eigenvalue weighted by molar-refractivity contribution is 0.0942. The first-order chi connectivity index (χ1) is 12.1. The van der Waals surface area contributed by atoms with Crippen molar-refractivity contribution in [3.63, 3.8) is 0 Å². The van der Waals surface area contributed by atoms with Gasteiger partial charge >= 0.3 is 0 Å². The van der Waals surface area contributed by atoms with Gasteiger partial charge in [0.25, 0.3) is 5.91 Å². The van der Waals surface area contributed by atoms with Crippen molar-refractivity contribution in [3.05, 3.63) is 64.0 Å². The summed E-state index contributed by atoms with van der Waals surface area (Å²) in [6.45, 7) is 2.46. The van der Waals surface area contributed by atoms with Gasteiger partial charge in [0.2, 0.25) is 0 Å². The molecule has 1 atom stereocenters. The van der Waals surface area contributed by atoms with Crippen LogP contribution in [0, 0.1) is 6.92 Å². The third kappa shape index (κ3) is 4.15. The van der Waals surface area contributed by atoms with E-state index in [2.05, 4.69) is 41.6 Å². The summed E-state index contributed by atoms with van der Waals surface area (Å²) in [5, 5.41) is 9.18. The molecular formula is C19H22N4OS. The van der Waals surface area contributed by atoms with Gasteiger partial charge in [-0.2, -0.15) is 5.10 Å². The maximum absolute atomic E-state index is 12.5. The van der Waals surface area contributed by atoms with Gasteiger partial charge < -0.3 is 11.1 Å². The first-order valence-corrected chi connectivity index (χ1v) is 9.08. The second-order valence-corrected chi connectivity index (χ2v) is 7.05. The summed E-state index contributed by atoms with van der Waals surface area (Å²) >= 11 is 1.43. The topological polar surface area (TPSA) is 72.9 Å². The Morgan fingerprint density at radius 3 is 2.72 bits per heavy atom. The number of thiophene rings is 1. The second-order valence-electron chi connectivity index (χ2n) is 6.14. The molecule has 0 aliphatic carbocycles. The van der Waals surface area contributed by atoms with Crippen molar-refractivity contribution in [1.29, 1.82) is 0 Å². The highest BCUT2D eigenvalue weighted by Crippen LogP contribution is 2.25. The van der Waals surface area contributed by atoms with Crippen molar-refractivity contribution in [1.82, 2.24) is 15.1 Å². The zero-order valence-corrected chi connectivity index (χ0v) is 15.2. The van der Waals surface area contributed by atoms with Crippen LogP contribution in [0.4, 0.5) is 0 Å². The Hall–Kier alpha value is -2.44. The molecule has 3 N–H and O–H groups in total. The first kappa shape index (κ1) is 17.4. The zero-order valence-electron chi connectivity index (χ0n) is 14.4. The molecule has 3 aromatic rings. The van der Waals surface area contributed by atoms with Gasteiger partial charge in [0.15, 0.2) is 0 Å². The van der Waals surface area contributed by atoms with Gasteiger partial charge in [0.05, 0.1) is 10.6 Å². The molecule has 130 valence electrons. The Balaban J connectivity index is 1.67. The molecule has 1 amide bonds. The van der Waals surface area contributed by atoms with E-state index in [1.807, 2.05) is 24.6 Å². The number of aromatic nitrogens is 2. The minimum atomic E-state index is -0.0857. The SMILES string of the molecule is Cc1ccc(C[C@@H](CN)NC(=O)c2cc(-c3ccnn3C)cs2)cc1. The Bertz CT molecular complexity index is 850. The van der Waals surface area contributed by atoms with E-state index in [-0.39, 0.29) is 11.9 Å². The molecule has 0 aliphatic rings. The lowest BCUT2D eigenvalue weighted by Crippen LogP contribution is -2.41. The molecule has 0 radical (unpaired) electrons. The summed E-state index contributed by atoms with van der Waals surface area (Å²) in [4.78, 5) is 13.2. The predicted octanol–water partition coefficient (Wildman–Crippen LogP) is 2.76. The lowest BCUT2D eigenvalue weighted by atomic mass is 10.0. The van der Waals surface area contributed by atoms with E-state index in [4.69, 9.17) is 5.73 Å². The fourth-order valence-electron chi connectivity index (χ4n) is 2.71. The molecule has 0 bridgehead atoms. The molecular weight excluding hydrogens is 332 g/mol. The van der Waals surface area contributed by atoms with Crippen LogP contribution in [0.5, 0.6) is 0 Å². The van der Waals surface area contributed by atoms with Gasteiger partial charge in [-0.1, -0.05) is 29.8 Å². The third-order valence-corrected chi connectivity index (χ3v) is 5.09. The van der Waals surface area contributed by atoms with Gasteiger partial charge in [-0.15, -0.1) is 11.3 Å². The molecule has 0 aliphatic heterocycles. The number of rotatable bonds is 6. The Kier molecular flexibility index (Phi) is 5.31. The summed E-state index contributed by atoms with van der Waals surface area (Å²) < 4.78 is 1.80. The van der Waals surface area contributed by atoms with Crippen molar-refractivity contribution < 1.29 is 4.79 Å².